The summed E-state index contributed by atoms with van der Waals surface area (Å²) < 4.78 is 4.87. The van der Waals surface area contributed by atoms with E-state index in [9.17, 15) is 9.59 Å². The van der Waals surface area contributed by atoms with Crippen LogP contribution in [-0.4, -0.2) is 24.5 Å². The van der Waals surface area contributed by atoms with Gasteiger partial charge in [0.25, 0.3) is 5.91 Å². The third kappa shape index (κ3) is 2.22. The highest BCUT2D eigenvalue weighted by molar-refractivity contribution is 6.01. The molecule has 1 unspecified atom stereocenters. The molecule has 4 heteroatoms. The molecular formula is C16H19NO3. The predicted octanol–water partition coefficient (Wildman–Crippen LogP) is 2.02. The summed E-state index contributed by atoms with van der Waals surface area (Å²) in [5, 5.41) is 2.82. The Morgan fingerprint density at radius 3 is 2.90 bits per heavy atom. The minimum atomic E-state index is -0.962. The van der Waals surface area contributed by atoms with Gasteiger partial charge >= 0.3 is 5.97 Å². The first-order valence-corrected chi connectivity index (χ1v) is 6.70. The Morgan fingerprint density at radius 1 is 1.55 bits per heavy atom. The molecule has 0 spiro atoms. The van der Waals surface area contributed by atoms with Crippen LogP contribution in [0, 0.1) is 0 Å². The number of hydrogen-bond acceptors (Lipinski definition) is 3. The van der Waals surface area contributed by atoms with E-state index in [1.165, 1.54) is 7.11 Å². The van der Waals surface area contributed by atoms with E-state index in [2.05, 4.69) is 11.9 Å². The van der Waals surface area contributed by atoms with Crippen molar-refractivity contribution in [3.8, 4) is 0 Å². The van der Waals surface area contributed by atoms with Gasteiger partial charge in [0, 0.05) is 12.0 Å². The lowest BCUT2D eigenvalue weighted by molar-refractivity contribution is -0.148. The second-order valence-corrected chi connectivity index (χ2v) is 4.99. The minimum Gasteiger partial charge on any atom is -0.467 e. The van der Waals surface area contributed by atoms with Crippen LogP contribution in [-0.2, 0) is 22.4 Å². The second-order valence-electron chi connectivity index (χ2n) is 4.99. The topological polar surface area (TPSA) is 55.4 Å². The maximum absolute atomic E-state index is 12.3. The van der Waals surface area contributed by atoms with E-state index in [1.54, 1.807) is 12.1 Å². The molecule has 2 rings (SSSR count). The van der Waals surface area contributed by atoms with Gasteiger partial charge in [-0.3, -0.25) is 4.79 Å². The molecule has 0 bridgehead atoms. The normalized spacial score (nSPS) is 20.8. The number of carbonyl (C=O) groups is 2. The predicted molar refractivity (Wildman–Crippen MR) is 76.6 cm³/mol. The number of methoxy groups -OCH3 is 1. The van der Waals surface area contributed by atoms with Crippen molar-refractivity contribution in [2.24, 2.45) is 0 Å². The van der Waals surface area contributed by atoms with E-state index in [-0.39, 0.29) is 5.91 Å². The molecule has 1 aromatic rings. The van der Waals surface area contributed by atoms with E-state index in [0.29, 0.717) is 24.8 Å². The fourth-order valence-corrected chi connectivity index (χ4v) is 2.71. The Kier molecular flexibility index (Phi) is 3.93. The van der Waals surface area contributed by atoms with Gasteiger partial charge in [-0.05, 0) is 30.0 Å². The summed E-state index contributed by atoms with van der Waals surface area (Å²) in [6, 6.07) is 5.61. The van der Waals surface area contributed by atoms with Crippen LogP contribution in [0.2, 0.25) is 0 Å². The van der Waals surface area contributed by atoms with Crippen molar-refractivity contribution in [1.29, 1.82) is 0 Å². The smallest absolute Gasteiger partial charge is 0.331 e. The molecule has 1 amide bonds. The zero-order valence-corrected chi connectivity index (χ0v) is 11.9. The Hall–Kier alpha value is -2.10. The molecule has 0 saturated heterocycles. The second kappa shape index (κ2) is 5.49. The Bertz CT molecular complexity index is 565. The Balaban J connectivity index is 2.53. The first kappa shape index (κ1) is 14.3. The summed E-state index contributed by atoms with van der Waals surface area (Å²) in [6.07, 6.45) is 3.43. The number of rotatable bonds is 4. The fraction of sp³-hybridized carbons (Fsp3) is 0.375. The van der Waals surface area contributed by atoms with Gasteiger partial charge in [0.15, 0.2) is 0 Å². The van der Waals surface area contributed by atoms with Gasteiger partial charge in [-0.15, -0.1) is 6.58 Å². The van der Waals surface area contributed by atoms with Crippen LogP contribution in [0.4, 0.5) is 0 Å². The number of allylic oxidation sites excluding steroid dienone is 1. The third-order valence-electron chi connectivity index (χ3n) is 3.89. The zero-order valence-electron chi connectivity index (χ0n) is 11.9. The lowest BCUT2D eigenvalue weighted by atomic mass is 9.80. The summed E-state index contributed by atoms with van der Waals surface area (Å²) in [7, 11) is 1.34. The highest BCUT2D eigenvalue weighted by atomic mass is 16.5. The lowest BCUT2D eigenvalue weighted by Crippen LogP contribution is -2.59. The van der Waals surface area contributed by atoms with Gasteiger partial charge in [-0.25, -0.2) is 4.79 Å². The molecule has 0 aromatic heterocycles. The average molecular weight is 273 g/mol. The maximum atomic E-state index is 12.3. The van der Waals surface area contributed by atoms with Crippen molar-refractivity contribution >= 4 is 11.9 Å². The highest BCUT2D eigenvalue weighted by Crippen LogP contribution is 2.29. The van der Waals surface area contributed by atoms with Crippen molar-refractivity contribution in [1.82, 2.24) is 5.32 Å². The van der Waals surface area contributed by atoms with Crippen molar-refractivity contribution in [2.75, 3.05) is 7.11 Å². The SMILES string of the molecule is C=CCc1cccc2c1CC(CC)(C(=O)OC)NC2=O. The number of carbonyl (C=O) groups excluding carboxylic acids is 2. The molecule has 0 radical (unpaired) electrons. The summed E-state index contributed by atoms with van der Waals surface area (Å²) in [4.78, 5) is 24.4. The standard InChI is InChI=1S/C16H19NO3/c1-4-7-11-8-6-9-12-13(11)10-16(5-2,15(19)20-3)17-14(12)18/h4,6,8-9H,1,5,7,10H2,2-3H3,(H,17,18). The van der Waals surface area contributed by atoms with Crippen molar-refractivity contribution in [3.63, 3.8) is 0 Å². The van der Waals surface area contributed by atoms with Gasteiger partial charge in [-0.2, -0.15) is 0 Å². The number of nitrogens with one attached hydrogen (secondary N) is 1. The zero-order chi connectivity index (χ0) is 14.8. The molecule has 1 aromatic carbocycles. The largest absolute Gasteiger partial charge is 0.467 e. The molecule has 106 valence electrons. The van der Waals surface area contributed by atoms with Crippen LogP contribution < -0.4 is 5.32 Å². The summed E-state index contributed by atoms with van der Waals surface area (Å²) in [5.41, 5.74) is 1.63. The number of amides is 1. The summed E-state index contributed by atoms with van der Waals surface area (Å²) in [5.74, 6) is -0.614. The number of ether oxygens (including phenoxy) is 1. The molecule has 20 heavy (non-hydrogen) atoms. The molecule has 1 aliphatic rings. The number of hydrogen-bond donors (Lipinski definition) is 1. The first-order chi connectivity index (χ1) is 9.57. The van der Waals surface area contributed by atoms with E-state index < -0.39 is 11.5 Å². The van der Waals surface area contributed by atoms with Crippen LogP contribution in [0.3, 0.4) is 0 Å². The minimum absolute atomic E-state index is 0.218. The molecule has 1 heterocycles. The lowest BCUT2D eigenvalue weighted by Gasteiger charge is -2.36. The molecule has 1 N–H and O–H groups in total. The van der Waals surface area contributed by atoms with Crippen LogP contribution in [0.25, 0.3) is 0 Å². The highest BCUT2D eigenvalue weighted by Gasteiger charge is 2.44. The molecule has 1 atom stereocenters. The van der Waals surface area contributed by atoms with E-state index in [4.69, 9.17) is 4.74 Å². The van der Waals surface area contributed by atoms with Crippen LogP contribution in [0.15, 0.2) is 30.9 Å². The quantitative estimate of drug-likeness (QED) is 0.674. The molecule has 4 nitrogen and oxygen atoms in total. The van der Waals surface area contributed by atoms with Crippen LogP contribution in [0.1, 0.15) is 34.8 Å². The summed E-state index contributed by atoms with van der Waals surface area (Å²) in [6.45, 7) is 5.61. The molecular weight excluding hydrogens is 254 g/mol. The average Bonchev–Trinajstić information content (AvgIpc) is 2.47. The van der Waals surface area contributed by atoms with Crippen LogP contribution in [0.5, 0.6) is 0 Å². The molecule has 0 saturated carbocycles. The van der Waals surface area contributed by atoms with Gasteiger partial charge in [0.05, 0.1) is 7.11 Å². The Labute approximate surface area is 118 Å². The van der Waals surface area contributed by atoms with Gasteiger partial charge < -0.3 is 10.1 Å². The van der Waals surface area contributed by atoms with Crippen molar-refractivity contribution < 1.29 is 14.3 Å². The monoisotopic (exact) mass is 273 g/mol. The fourth-order valence-electron chi connectivity index (χ4n) is 2.71. The van der Waals surface area contributed by atoms with E-state index >= 15 is 0 Å². The van der Waals surface area contributed by atoms with Gasteiger partial charge in [0.1, 0.15) is 5.54 Å². The first-order valence-electron chi connectivity index (χ1n) is 6.70. The molecule has 0 fully saturated rings. The maximum Gasteiger partial charge on any atom is 0.331 e. The van der Waals surface area contributed by atoms with Crippen molar-refractivity contribution in [3.05, 3.63) is 47.5 Å². The van der Waals surface area contributed by atoms with Crippen molar-refractivity contribution in [2.45, 2.75) is 31.7 Å². The van der Waals surface area contributed by atoms with Gasteiger partial charge in [-0.1, -0.05) is 25.1 Å². The third-order valence-corrected chi connectivity index (χ3v) is 3.89. The Morgan fingerprint density at radius 2 is 2.30 bits per heavy atom. The summed E-state index contributed by atoms with van der Waals surface area (Å²) >= 11 is 0. The number of fused-ring (bicyclic) bond motifs is 1. The number of benzene rings is 1. The molecule has 0 aliphatic carbocycles. The van der Waals surface area contributed by atoms with E-state index in [0.717, 1.165) is 11.1 Å². The van der Waals surface area contributed by atoms with Crippen LogP contribution >= 0.6 is 0 Å². The number of esters is 1. The van der Waals surface area contributed by atoms with Gasteiger partial charge in [0.2, 0.25) is 0 Å². The molecule has 1 aliphatic heterocycles. The van der Waals surface area contributed by atoms with E-state index in [1.807, 2.05) is 19.1 Å².